The fourth-order valence-electron chi connectivity index (χ4n) is 6.02. The largest absolute Gasteiger partial charge is 1.00 e. The van der Waals surface area contributed by atoms with Crippen molar-refractivity contribution in [2.24, 2.45) is 0 Å². The van der Waals surface area contributed by atoms with Gasteiger partial charge in [0.15, 0.2) is 12.6 Å². The van der Waals surface area contributed by atoms with Gasteiger partial charge >= 0.3 is 29.6 Å². The Morgan fingerprint density at radius 1 is 0.957 bits per heavy atom. The van der Waals surface area contributed by atoms with Gasteiger partial charge in [-0.1, -0.05) is 48.4 Å². The van der Waals surface area contributed by atoms with Crippen LogP contribution >= 0.6 is 0 Å². The fourth-order valence-corrected chi connectivity index (χ4v) is 6.02. The molecule has 16 nitrogen and oxygen atoms in total. The van der Waals surface area contributed by atoms with E-state index in [1.54, 1.807) is 6.20 Å². The molecule has 3 heterocycles. The molecule has 2 saturated heterocycles. The number of aliphatic hydroxyl groups excluding tert-OH is 6. The number of carboxylic acids is 1. The first-order chi connectivity index (χ1) is 22.0. The van der Waals surface area contributed by atoms with Crippen molar-refractivity contribution in [3.8, 4) is 0 Å². The molecule has 2 aliphatic heterocycles. The molecule has 0 spiro atoms. The minimum Gasteiger partial charge on any atom is -0.547 e. The molecular weight excluding hydrogens is 633 g/mol. The predicted octanol–water partition coefficient (Wildman–Crippen LogP) is -6.01. The number of hydrogen-bond acceptors (Lipinski definition) is 15. The van der Waals surface area contributed by atoms with Crippen LogP contribution in [0, 0.1) is 0 Å². The number of hydrogen-bond donors (Lipinski definition) is 6. The monoisotopic (exact) mass is 675 g/mol. The average molecular weight is 676 g/mol. The van der Waals surface area contributed by atoms with Gasteiger partial charge in [0.1, 0.15) is 48.8 Å². The van der Waals surface area contributed by atoms with Crippen LogP contribution in [0.15, 0.2) is 36.5 Å². The predicted molar refractivity (Wildman–Crippen MR) is 151 cm³/mol. The summed E-state index contributed by atoms with van der Waals surface area (Å²) < 4.78 is 30.3. The third-order valence-corrected chi connectivity index (χ3v) is 8.64. The molecule has 2 aromatic rings. The van der Waals surface area contributed by atoms with Crippen LogP contribution < -0.4 is 34.7 Å². The summed E-state index contributed by atoms with van der Waals surface area (Å²) in [6.45, 7) is 0.488. The van der Waals surface area contributed by atoms with Gasteiger partial charge in [0.05, 0.1) is 43.1 Å². The Hall–Kier alpha value is -1.61. The van der Waals surface area contributed by atoms with Gasteiger partial charge in [-0.3, -0.25) is 0 Å². The molecule has 1 aromatic heterocycles. The molecule has 5 rings (SSSR count). The van der Waals surface area contributed by atoms with Crippen LogP contribution in [0.4, 0.5) is 0 Å². The van der Waals surface area contributed by atoms with Crippen LogP contribution in [-0.4, -0.2) is 138 Å². The van der Waals surface area contributed by atoms with E-state index in [0.717, 1.165) is 18.4 Å². The second-order valence-corrected chi connectivity index (χ2v) is 12.0. The third kappa shape index (κ3) is 9.34. The van der Waals surface area contributed by atoms with Gasteiger partial charge in [0.25, 0.3) is 0 Å². The number of benzene rings is 1. The smallest absolute Gasteiger partial charge is 0.547 e. The molecule has 1 saturated carbocycles. The van der Waals surface area contributed by atoms with Gasteiger partial charge < -0.3 is 64.2 Å². The topological polar surface area (TPSA) is 238 Å². The summed E-state index contributed by atoms with van der Waals surface area (Å²) >= 11 is 0. The van der Waals surface area contributed by atoms with Crippen molar-refractivity contribution in [1.29, 1.82) is 0 Å². The molecule has 3 fully saturated rings. The van der Waals surface area contributed by atoms with E-state index in [4.69, 9.17) is 23.7 Å². The molecule has 1 aromatic carbocycles. The molecule has 13 atom stereocenters. The number of aliphatic hydroxyl groups is 6. The molecule has 0 amide bonds. The first-order valence-electron chi connectivity index (χ1n) is 15.5. The van der Waals surface area contributed by atoms with Gasteiger partial charge in [0.2, 0.25) is 0 Å². The quantitative estimate of drug-likeness (QED) is 0.115. The number of aliphatic carboxylic acids is 1. The maximum absolute atomic E-state index is 12.1. The molecule has 3 aliphatic rings. The van der Waals surface area contributed by atoms with Crippen LogP contribution in [0.3, 0.4) is 0 Å². The molecule has 6 N–H and O–H groups in total. The first kappa shape index (κ1) is 38.2. The molecule has 47 heavy (non-hydrogen) atoms. The molecule has 0 bridgehead atoms. The van der Waals surface area contributed by atoms with E-state index >= 15 is 0 Å². The van der Waals surface area contributed by atoms with Crippen LogP contribution in [-0.2, 0) is 41.4 Å². The Balaban J connectivity index is 0.00000500. The van der Waals surface area contributed by atoms with E-state index < -0.39 is 92.3 Å². The summed E-state index contributed by atoms with van der Waals surface area (Å²) in [4.78, 5) is 12.1. The Bertz CT molecular complexity index is 1260. The molecule has 17 heteroatoms. The maximum Gasteiger partial charge on any atom is 1.00 e. The first-order valence-corrected chi connectivity index (χ1v) is 15.5. The molecule has 1 aliphatic carbocycles. The van der Waals surface area contributed by atoms with Crippen molar-refractivity contribution in [3.63, 3.8) is 0 Å². The van der Waals surface area contributed by atoms with E-state index in [1.807, 2.05) is 30.3 Å². The molecule has 0 radical (unpaired) electrons. The van der Waals surface area contributed by atoms with Crippen LogP contribution in [0.5, 0.6) is 0 Å². The average Bonchev–Trinajstić information content (AvgIpc) is 3.49. The SMILES string of the molecule is C[C@@H]1O[C@@H](O[C@@H]2CCCC[C@H]2O[C@@H]2O[C@H](CO)[C@H](O)[C@H](O[C@@H](Cn3cc(Cc4ccccc4)nn3)C(=O)[O-])[C@H]2O)[C@@H](O)[C@H](O)[C@@H]1O.[Na+]. The van der Waals surface area contributed by atoms with E-state index in [-0.39, 0.29) is 36.1 Å². The summed E-state index contributed by atoms with van der Waals surface area (Å²) in [5.41, 5.74) is 1.56. The van der Waals surface area contributed by atoms with E-state index in [2.05, 4.69) is 10.3 Å². The van der Waals surface area contributed by atoms with Crippen molar-refractivity contribution < 1.29 is 93.8 Å². The van der Waals surface area contributed by atoms with E-state index in [9.17, 15) is 40.5 Å². The summed E-state index contributed by atoms with van der Waals surface area (Å²) in [6, 6.07) is 9.49. The van der Waals surface area contributed by atoms with Gasteiger partial charge in [-0.25, -0.2) is 4.68 Å². The van der Waals surface area contributed by atoms with Gasteiger partial charge in [0, 0.05) is 12.6 Å². The van der Waals surface area contributed by atoms with Crippen molar-refractivity contribution in [2.45, 2.75) is 125 Å². The number of nitrogens with zero attached hydrogens (tertiary/aromatic N) is 3. The van der Waals surface area contributed by atoms with Gasteiger partial charge in [-0.2, -0.15) is 0 Å². The van der Waals surface area contributed by atoms with Crippen LogP contribution in [0.1, 0.15) is 43.9 Å². The van der Waals surface area contributed by atoms with Crippen molar-refractivity contribution in [1.82, 2.24) is 15.0 Å². The molecular formula is C30H42N3NaO13. The zero-order valence-corrected chi connectivity index (χ0v) is 28.3. The van der Waals surface area contributed by atoms with Crippen molar-refractivity contribution in [3.05, 3.63) is 47.8 Å². The minimum atomic E-state index is -1.71. The summed E-state index contributed by atoms with van der Waals surface area (Å²) in [5.74, 6) is -1.63. The van der Waals surface area contributed by atoms with Gasteiger partial charge in [-0.05, 0) is 25.3 Å². The van der Waals surface area contributed by atoms with Crippen molar-refractivity contribution in [2.75, 3.05) is 6.61 Å². The van der Waals surface area contributed by atoms with Crippen LogP contribution in [0.25, 0.3) is 0 Å². The van der Waals surface area contributed by atoms with Crippen molar-refractivity contribution >= 4 is 5.97 Å². The Kier molecular flexibility index (Phi) is 14.1. The second-order valence-electron chi connectivity index (χ2n) is 12.0. The summed E-state index contributed by atoms with van der Waals surface area (Å²) in [5, 5.41) is 82.8. The summed E-state index contributed by atoms with van der Waals surface area (Å²) in [6.07, 6.45) is -12.8. The fraction of sp³-hybridized carbons (Fsp3) is 0.700. The van der Waals surface area contributed by atoms with E-state index in [1.165, 1.54) is 11.6 Å². The molecule has 256 valence electrons. The Morgan fingerprint density at radius 2 is 1.60 bits per heavy atom. The normalized spacial score (nSPS) is 36.7. The van der Waals surface area contributed by atoms with Gasteiger partial charge in [-0.15, -0.1) is 5.10 Å². The zero-order valence-electron chi connectivity index (χ0n) is 26.3. The maximum atomic E-state index is 12.1. The minimum absolute atomic E-state index is 0. The molecule has 0 unspecified atom stereocenters. The second kappa shape index (κ2) is 17.4. The number of rotatable bonds is 12. The number of ether oxygens (including phenoxy) is 5. The van der Waals surface area contributed by atoms with Crippen LogP contribution in [0.2, 0.25) is 0 Å². The zero-order chi connectivity index (χ0) is 33.0. The standard InChI is InChI=1S/C30H43N3O13.Na/c1-15-22(35)24(37)25(38)29(42-15)44-18-9-5-6-10-19(18)45-30-26(39)27(23(36)21(14-34)46-30)43-20(28(40)41)13-33-12-17(31-32-33)11-16-7-3-2-4-8-16;/h2-4,7-8,12,15,18-27,29-30,34-39H,5-6,9-11,13-14H2,1H3,(H,40,41);/q;+1/p-1/t15-,18+,19+,20-,21+,22+,23-,24+,25-,26+,27-,29-,30+;/m0./s1. The Labute approximate surface area is 293 Å². The Morgan fingerprint density at radius 3 is 2.21 bits per heavy atom. The number of carbonyl (C=O) groups is 1. The van der Waals surface area contributed by atoms with E-state index in [0.29, 0.717) is 25.0 Å². The third-order valence-electron chi connectivity index (χ3n) is 8.64. The number of carboxylic acid groups (broad SMARTS) is 1. The summed E-state index contributed by atoms with van der Waals surface area (Å²) in [7, 11) is 0. The number of aromatic nitrogens is 3. The number of carbonyl (C=O) groups excluding carboxylic acids is 1.